The Balaban J connectivity index is 1.59. The Labute approximate surface area is 154 Å². The molecule has 26 heavy (non-hydrogen) atoms. The zero-order valence-electron chi connectivity index (χ0n) is 14.5. The molecule has 3 heterocycles. The average molecular weight is 367 g/mol. The third-order valence-electron chi connectivity index (χ3n) is 4.76. The van der Waals surface area contributed by atoms with E-state index in [1.165, 1.54) is 16.2 Å². The molecule has 0 aromatic carbocycles. The Bertz CT molecular complexity index is 1040. The first-order chi connectivity index (χ1) is 12.6. The smallest absolute Gasteiger partial charge is 0.294 e. The van der Waals surface area contributed by atoms with Crippen LogP contribution in [0.25, 0.3) is 11.3 Å². The SMILES string of the molecule is Cc1c(-c2cc(C(=O)Nc3sc4c(c3C#N)CCCC4)on2)cnn1C. The third-order valence-corrected chi connectivity index (χ3v) is 5.96. The molecule has 132 valence electrons. The van der Waals surface area contributed by atoms with Gasteiger partial charge in [0.15, 0.2) is 0 Å². The van der Waals surface area contributed by atoms with Crippen LogP contribution in [0.1, 0.15) is 45.1 Å². The molecule has 8 heteroatoms. The van der Waals surface area contributed by atoms with Crippen LogP contribution in [0.2, 0.25) is 0 Å². The summed E-state index contributed by atoms with van der Waals surface area (Å²) in [6.07, 6.45) is 5.77. The van der Waals surface area contributed by atoms with Gasteiger partial charge in [-0.3, -0.25) is 9.48 Å². The fourth-order valence-corrected chi connectivity index (χ4v) is 4.43. The Kier molecular flexibility index (Phi) is 4.09. The normalized spacial score (nSPS) is 13.3. The molecule has 1 amide bonds. The second-order valence-corrected chi connectivity index (χ2v) is 7.43. The van der Waals surface area contributed by atoms with Gasteiger partial charge in [-0.25, -0.2) is 0 Å². The molecule has 0 radical (unpaired) electrons. The van der Waals surface area contributed by atoms with Crippen molar-refractivity contribution in [2.75, 3.05) is 5.32 Å². The molecular weight excluding hydrogens is 350 g/mol. The van der Waals surface area contributed by atoms with Crippen molar-refractivity contribution in [3.05, 3.63) is 39.7 Å². The zero-order valence-corrected chi connectivity index (χ0v) is 15.3. The summed E-state index contributed by atoms with van der Waals surface area (Å²) in [4.78, 5) is 13.8. The molecule has 0 saturated heterocycles. The van der Waals surface area contributed by atoms with E-state index < -0.39 is 5.91 Å². The number of nitrogens with one attached hydrogen (secondary N) is 1. The lowest BCUT2D eigenvalue weighted by molar-refractivity contribution is 0.0988. The van der Waals surface area contributed by atoms with E-state index in [0.29, 0.717) is 16.3 Å². The van der Waals surface area contributed by atoms with E-state index >= 15 is 0 Å². The lowest BCUT2D eigenvalue weighted by atomic mass is 9.96. The average Bonchev–Trinajstić information content (AvgIpc) is 3.33. The quantitative estimate of drug-likeness (QED) is 0.765. The number of fused-ring (bicyclic) bond motifs is 1. The van der Waals surface area contributed by atoms with E-state index in [9.17, 15) is 10.1 Å². The summed E-state index contributed by atoms with van der Waals surface area (Å²) in [5, 5.41) is 21.1. The molecular formula is C18H17N5O2S. The number of hydrogen-bond acceptors (Lipinski definition) is 6. The number of nitrogens with zero attached hydrogens (tertiary/aromatic N) is 4. The van der Waals surface area contributed by atoms with E-state index in [1.54, 1.807) is 16.9 Å². The van der Waals surface area contributed by atoms with Crippen molar-refractivity contribution in [3.63, 3.8) is 0 Å². The van der Waals surface area contributed by atoms with Crippen molar-refractivity contribution in [3.8, 4) is 17.3 Å². The number of nitriles is 1. The van der Waals surface area contributed by atoms with Gasteiger partial charge in [0.1, 0.15) is 16.8 Å². The van der Waals surface area contributed by atoms with Crippen molar-refractivity contribution in [1.29, 1.82) is 5.26 Å². The summed E-state index contributed by atoms with van der Waals surface area (Å²) in [6.45, 7) is 1.92. The fraction of sp³-hybridized carbons (Fsp3) is 0.333. The maximum Gasteiger partial charge on any atom is 0.294 e. The van der Waals surface area contributed by atoms with Gasteiger partial charge in [-0.1, -0.05) is 5.16 Å². The molecule has 1 aliphatic rings. The molecule has 0 fully saturated rings. The fourth-order valence-electron chi connectivity index (χ4n) is 3.20. The van der Waals surface area contributed by atoms with Gasteiger partial charge in [-0.2, -0.15) is 10.4 Å². The highest BCUT2D eigenvalue weighted by Crippen LogP contribution is 2.37. The van der Waals surface area contributed by atoms with Gasteiger partial charge < -0.3 is 9.84 Å². The maximum absolute atomic E-state index is 12.6. The van der Waals surface area contributed by atoms with Gasteiger partial charge in [0, 0.05) is 29.2 Å². The van der Waals surface area contributed by atoms with Gasteiger partial charge in [0.2, 0.25) is 5.76 Å². The molecule has 1 aliphatic carbocycles. The first-order valence-electron chi connectivity index (χ1n) is 8.40. The maximum atomic E-state index is 12.6. The van der Waals surface area contributed by atoms with Crippen LogP contribution >= 0.6 is 11.3 Å². The lowest BCUT2D eigenvalue weighted by Gasteiger charge is -2.09. The molecule has 3 aromatic heterocycles. The summed E-state index contributed by atoms with van der Waals surface area (Å²) in [7, 11) is 1.84. The zero-order chi connectivity index (χ0) is 18.3. The second-order valence-electron chi connectivity index (χ2n) is 6.32. The van der Waals surface area contributed by atoms with Crippen LogP contribution in [-0.4, -0.2) is 20.8 Å². The molecule has 0 saturated carbocycles. The molecule has 0 atom stereocenters. The van der Waals surface area contributed by atoms with E-state index in [4.69, 9.17) is 4.52 Å². The molecule has 0 aliphatic heterocycles. The van der Waals surface area contributed by atoms with Crippen LogP contribution < -0.4 is 5.32 Å². The standard InChI is InChI=1S/C18H17N5O2S/c1-10-13(9-20-23(10)2)14-7-15(25-22-14)17(24)21-18-12(8-19)11-5-3-4-6-16(11)26-18/h7,9H,3-6H2,1-2H3,(H,21,24). The topological polar surface area (TPSA) is 96.7 Å². The van der Waals surface area contributed by atoms with E-state index in [0.717, 1.165) is 42.5 Å². The summed E-state index contributed by atoms with van der Waals surface area (Å²) < 4.78 is 6.95. The molecule has 4 rings (SSSR count). The van der Waals surface area contributed by atoms with Crippen molar-refractivity contribution < 1.29 is 9.32 Å². The van der Waals surface area contributed by atoms with Crippen molar-refractivity contribution in [1.82, 2.24) is 14.9 Å². The predicted octanol–water partition coefficient (Wildman–Crippen LogP) is 3.45. The van der Waals surface area contributed by atoms with Crippen molar-refractivity contribution in [2.24, 2.45) is 7.05 Å². The van der Waals surface area contributed by atoms with Gasteiger partial charge in [0.05, 0.1) is 11.8 Å². The molecule has 0 bridgehead atoms. The van der Waals surface area contributed by atoms with Crippen LogP contribution in [0, 0.1) is 18.3 Å². The Morgan fingerprint density at radius 1 is 1.42 bits per heavy atom. The number of hydrogen-bond donors (Lipinski definition) is 1. The predicted molar refractivity (Wildman–Crippen MR) is 97.1 cm³/mol. The number of carbonyl (C=O) groups is 1. The van der Waals surface area contributed by atoms with Gasteiger partial charge in [0.25, 0.3) is 5.91 Å². The number of rotatable bonds is 3. The highest BCUT2D eigenvalue weighted by Gasteiger charge is 2.23. The van der Waals surface area contributed by atoms with Gasteiger partial charge in [-0.15, -0.1) is 11.3 Å². The molecule has 3 aromatic rings. The number of aryl methyl sites for hydroxylation is 2. The Hall–Kier alpha value is -2.92. The van der Waals surface area contributed by atoms with Gasteiger partial charge >= 0.3 is 0 Å². The van der Waals surface area contributed by atoms with Crippen molar-refractivity contribution >= 4 is 22.2 Å². The largest absolute Gasteiger partial charge is 0.350 e. The van der Waals surface area contributed by atoms with E-state index in [-0.39, 0.29) is 5.76 Å². The summed E-state index contributed by atoms with van der Waals surface area (Å²) in [5.74, 6) is -0.293. The van der Waals surface area contributed by atoms with Gasteiger partial charge in [-0.05, 0) is 38.2 Å². The highest BCUT2D eigenvalue weighted by atomic mass is 32.1. The highest BCUT2D eigenvalue weighted by molar-refractivity contribution is 7.16. The molecule has 0 spiro atoms. The Morgan fingerprint density at radius 3 is 2.96 bits per heavy atom. The lowest BCUT2D eigenvalue weighted by Crippen LogP contribution is -2.10. The van der Waals surface area contributed by atoms with Crippen LogP contribution in [0.4, 0.5) is 5.00 Å². The minimum Gasteiger partial charge on any atom is -0.350 e. The minimum absolute atomic E-state index is 0.110. The van der Waals surface area contributed by atoms with Crippen LogP contribution in [0.5, 0.6) is 0 Å². The third kappa shape index (κ3) is 2.70. The monoisotopic (exact) mass is 367 g/mol. The van der Waals surface area contributed by atoms with Crippen LogP contribution in [0.3, 0.4) is 0 Å². The first kappa shape index (κ1) is 16.5. The summed E-state index contributed by atoms with van der Waals surface area (Å²) >= 11 is 1.49. The number of amides is 1. The molecule has 1 N–H and O–H groups in total. The minimum atomic E-state index is -0.402. The van der Waals surface area contributed by atoms with Crippen molar-refractivity contribution in [2.45, 2.75) is 32.6 Å². The summed E-state index contributed by atoms with van der Waals surface area (Å²) in [5.41, 5.74) is 3.98. The van der Waals surface area contributed by atoms with Crippen LogP contribution in [0.15, 0.2) is 16.8 Å². The van der Waals surface area contributed by atoms with Crippen LogP contribution in [-0.2, 0) is 19.9 Å². The first-order valence-corrected chi connectivity index (χ1v) is 9.21. The summed E-state index contributed by atoms with van der Waals surface area (Å²) in [6, 6.07) is 3.84. The number of carbonyl (C=O) groups excluding carboxylic acids is 1. The number of aromatic nitrogens is 3. The number of thiophene rings is 1. The van der Waals surface area contributed by atoms with E-state index in [1.807, 2.05) is 14.0 Å². The number of anilines is 1. The second kappa shape index (κ2) is 6.42. The Morgan fingerprint density at radius 2 is 2.23 bits per heavy atom. The van der Waals surface area contributed by atoms with E-state index in [2.05, 4.69) is 21.6 Å². The molecule has 0 unspecified atom stereocenters. The molecule has 7 nitrogen and oxygen atoms in total.